The average Bonchev–Trinajstić information content (AvgIpc) is 2.19. The summed E-state index contributed by atoms with van der Waals surface area (Å²) >= 11 is 0. The number of nitrogens with zero attached hydrogens (tertiary/aromatic N) is 2. The van der Waals surface area contributed by atoms with Gasteiger partial charge >= 0.3 is 0 Å². The van der Waals surface area contributed by atoms with Crippen LogP contribution in [-0.4, -0.2) is 37.7 Å². The third kappa shape index (κ3) is 4.54. The maximum absolute atomic E-state index is 5.77. The molecule has 1 aliphatic heterocycles. The van der Waals surface area contributed by atoms with Crippen molar-refractivity contribution in [2.75, 3.05) is 26.7 Å². The smallest absolute Gasteiger partial charge is 0.287 e. The molecular weight excluding hydrogens is 188 g/mol. The highest BCUT2D eigenvalue weighted by molar-refractivity contribution is 5.73. The molecule has 1 saturated heterocycles. The van der Waals surface area contributed by atoms with Crippen LogP contribution in [0.2, 0.25) is 0 Å². The Balaban J connectivity index is 2.42. The molecule has 3 heteroatoms. The number of rotatable bonds is 1. The molecule has 0 amide bonds. The van der Waals surface area contributed by atoms with E-state index in [0.717, 1.165) is 25.7 Å². The van der Waals surface area contributed by atoms with E-state index in [0.29, 0.717) is 0 Å². The molecule has 1 aliphatic rings. The minimum absolute atomic E-state index is 0.200. The molecule has 88 valence electrons. The first-order chi connectivity index (χ1) is 7.03. The zero-order valence-corrected chi connectivity index (χ0v) is 10.5. The Bertz CT molecular complexity index is 212. The van der Waals surface area contributed by atoms with Crippen molar-refractivity contribution in [2.45, 2.75) is 40.0 Å². The molecular formula is C12H24N2O. The molecule has 0 N–H and O–H groups in total. The lowest BCUT2D eigenvalue weighted by Gasteiger charge is -2.30. The fourth-order valence-electron chi connectivity index (χ4n) is 1.66. The molecule has 0 aliphatic carbocycles. The SMILES string of the molecule is CN=C(OCC(C)(C)C)N1CCCCC1. The average molecular weight is 212 g/mol. The Morgan fingerprint density at radius 1 is 1.20 bits per heavy atom. The number of likely N-dealkylation sites (tertiary alicyclic amines) is 1. The van der Waals surface area contributed by atoms with Crippen molar-refractivity contribution in [1.29, 1.82) is 0 Å². The van der Waals surface area contributed by atoms with Gasteiger partial charge in [-0.15, -0.1) is 0 Å². The first-order valence-corrected chi connectivity index (χ1v) is 5.87. The summed E-state index contributed by atoms with van der Waals surface area (Å²) in [5, 5.41) is 0. The van der Waals surface area contributed by atoms with Crippen molar-refractivity contribution in [1.82, 2.24) is 4.90 Å². The van der Waals surface area contributed by atoms with Crippen LogP contribution in [0.4, 0.5) is 0 Å². The minimum Gasteiger partial charge on any atom is -0.465 e. The van der Waals surface area contributed by atoms with Crippen molar-refractivity contribution in [3.8, 4) is 0 Å². The topological polar surface area (TPSA) is 24.8 Å². The standard InChI is InChI=1S/C12H24N2O/c1-12(2,3)10-15-11(13-4)14-8-6-5-7-9-14/h5-10H2,1-4H3. The molecule has 1 heterocycles. The van der Waals surface area contributed by atoms with E-state index in [-0.39, 0.29) is 5.41 Å². The molecule has 0 aromatic heterocycles. The van der Waals surface area contributed by atoms with Gasteiger partial charge in [-0.3, -0.25) is 0 Å². The van der Waals surface area contributed by atoms with Crippen LogP contribution in [0.25, 0.3) is 0 Å². The first kappa shape index (κ1) is 12.3. The Hall–Kier alpha value is -0.730. The molecule has 0 atom stereocenters. The van der Waals surface area contributed by atoms with Gasteiger partial charge < -0.3 is 9.64 Å². The fraction of sp³-hybridized carbons (Fsp3) is 0.917. The summed E-state index contributed by atoms with van der Waals surface area (Å²) in [7, 11) is 1.81. The summed E-state index contributed by atoms with van der Waals surface area (Å²) in [6, 6.07) is 0.824. The summed E-state index contributed by atoms with van der Waals surface area (Å²) in [5.41, 5.74) is 0.200. The van der Waals surface area contributed by atoms with E-state index in [9.17, 15) is 0 Å². The normalized spacial score (nSPS) is 19.2. The third-order valence-corrected chi connectivity index (χ3v) is 2.45. The van der Waals surface area contributed by atoms with Crippen LogP contribution < -0.4 is 0 Å². The molecule has 0 saturated carbocycles. The number of ether oxygens (including phenoxy) is 1. The number of amidine groups is 1. The molecule has 0 aromatic carbocycles. The second-order valence-electron chi connectivity index (χ2n) is 5.40. The van der Waals surface area contributed by atoms with Crippen molar-refractivity contribution < 1.29 is 4.74 Å². The predicted molar refractivity (Wildman–Crippen MR) is 64.2 cm³/mol. The van der Waals surface area contributed by atoms with Crippen LogP contribution in [0.3, 0.4) is 0 Å². The van der Waals surface area contributed by atoms with Crippen molar-refractivity contribution in [3.05, 3.63) is 0 Å². The fourth-order valence-corrected chi connectivity index (χ4v) is 1.66. The van der Waals surface area contributed by atoms with E-state index in [1.54, 1.807) is 0 Å². The summed E-state index contributed by atoms with van der Waals surface area (Å²) in [4.78, 5) is 6.49. The summed E-state index contributed by atoms with van der Waals surface area (Å²) < 4.78 is 5.77. The largest absolute Gasteiger partial charge is 0.465 e. The van der Waals surface area contributed by atoms with E-state index >= 15 is 0 Å². The second-order valence-corrected chi connectivity index (χ2v) is 5.40. The molecule has 0 spiro atoms. The monoisotopic (exact) mass is 212 g/mol. The Morgan fingerprint density at radius 2 is 1.80 bits per heavy atom. The minimum atomic E-state index is 0.200. The first-order valence-electron chi connectivity index (χ1n) is 5.87. The third-order valence-electron chi connectivity index (χ3n) is 2.45. The Labute approximate surface area is 93.5 Å². The summed E-state index contributed by atoms with van der Waals surface area (Å²) in [6.45, 7) is 9.45. The number of hydrogen-bond acceptors (Lipinski definition) is 2. The Kier molecular flexibility index (Phi) is 4.43. The van der Waals surface area contributed by atoms with Crippen LogP contribution in [0.5, 0.6) is 0 Å². The van der Waals surface area contributed by atoms with E-state index in [2.05, 4.69) is 30.7 Å². The van der Waals surface area contributed by atoms with E-state index in [1.807, 2.05) is 7.05 Å². The quantitative estimate of drug-likeness (QED) is 0.493. The lowest BCUT2D eigenvalue weighted by molar-refractivity contribution is 0.146. The lowest BCUT2D eigenvalue weighted by atomic mass is 9.99. The van der Waals surface area contributed by atoms with Gasteiger partial charge in [-0.2, -0.15) is 0 Å². The van der Waals surface area contributed by atoms with Gasteiger partial charge in [0, 0.05) is 20.1 Å². The zero-order chi connectivity index (χ0) is 11.3. The molecule has 0 aromatic rings. The molecule has 3 nitrogen and oxygen atoms in total. The number of aliphatic imine (C=N–C) groups is 1. The maximum atomic E-state index is 5.77. The maximum Gasteiger partial charge on any atom is 0.287 e. The zero-order valence-electron chi connectivity index (χ0n) is 10.5. The van der Waals surface area contributed by atoms with Crippen LogP contribution in [-0.2, 0) is 4.74 Å². The van der Waals surface area contributed by atoms with E-state index < -0.39 is 0 Å². The van der Waals surface area contributed by atoms with Gasteiger partial charge in [-0.25, -0.2) is 4.99 Å². The van der Waals surface area contributed by atoms with E-state index in [1.165, 1.54) is 19.3 Å². The highest BCUT2D eigenvalue weighted by Crippen LogP contribution is 2.15. The molecule has 1 fully saturated rings. The van der Waals surface area contributed by atoms with Gasteiger partial charge in [-0.05, 0) is 24.7 Å². The van der Waals surface area contributed by atoms with Crippen molar-refractivity contribution in [2.24, 2.45) is 10.4 Å². The highest BCUT2D eigenvalue weighted by Gasteiger charge is 2.18. The van der Waals surface area contributed by atoms with Crippen molar-refractivity contribution in [3.63, 3.8) is 0 Å². The van der Waals surface area contributed by atoms with Gasteiger partial charge in [0.1, 0.15) is 0 Å². The molecule has 1 rings (SSSR count). The van der Waals surface area contributed by atoms with Gasteiger partial charge in [0.15, 0.2) is 0 Å². The molecule has 0 unspecified atom stereocenters. The molecule has 0 radical (unpaired) electrons. The second kappa shape index (κ2) is 5.38. The van der Waals surface area contributed by atoms with E-state index in [4.69, 9.17) is 4.74 Å². The predicted octanol–water partition coefficient (Wildman–Crippen LogP) is 2.52. The molecule has 0 bridgehead atoms. The highest BCUT2D eigenvalue weighted by atomic mass is 16.5. The van der Waals surface area contributed by atoms with Gasteiger partial charge in [0.25, 0.3) is 6.02 Å². The number of hydrogen-bond donors (Lipinski definition) is 0. The lowest BCUT2D eigenvalue weighted by Crippen LogP contribution is -2.38. The van der Waals surface area contributed by atoms with Gasteiger partial charge in [0.2, 0.25) is 0 Å². The van der Waals surface area contributed by atoms with Gasteiger partial charge in [-0.1, -0.05) is 20.8 Å². The number of piperidine rings is 1. The Morgan fingerprint density at radius 3 is 2.27 bits per heavy atom. The van der Waals surface area contributed by atoms with Crippen LogP contribution >= 0.6 is 0 Å². The summed E-state index contributed by atoms with van der Waals surface area (Å²) in [5.74, 6) is 0. The van der Waals surface area contributed by atoms with Gasteiger partial charge in [0.05, 0.1) is 6.61 Å². The summed E-state index contributed by atoms with van der Waals surface area (Å²) in [6.07, 6.45) is 3.86. The van der Waals surface area contributed by atoms with Crippen LogP contribution in [0.15, 0.2) is 4.99 Å². The van der Waals surface area contributed by atoms with Crippen LogP contribution in [0.1, 0.15) is 40.0 Å². The molecule has 15 heavy (non-hydrogen) atoms. The van der Waals surface area contributed by atoms with Crippen LogP contribution in [0, 0.1) is 5.41 Å². The van der Waals surface area contributed by atoms with Crippen molar-refractivity contribution >= 4 is 6.02 Å².